The molecule has 0 aliphatic carbocycles. The summed E-state index contributed by atoms with van der Waals surface area (Å²) in [6, 6.07) is 18.6. The van der Waals surface area contributed by atoms with Gasteiger partial charge in [-0.15, -0.1) is 0 Å². The topological polar surface area (TPSA) is 105 Å². The van der Waals surface area contributed by atoms with Gasteiger partial charge < -0.3 is 10.4 Å². The van der Waals surface area contributed by atoms with E-state index in [1.807, 2.05) is 42.5 Å². The minimum Gasteiger partial charge on any atom is -0.481 e. The van der Waals surface area contributed by atoms with Gasteiger partial charge in [-0.05, 0) is 43.0 Å². The van der Waals surface area contributed by atoms with Crippen molar-refractivity contribution in [1.29, 1.82) is 0 Å². The minimum absolute atomic E-state index is 0.112. The number of carbonyl (C=O) groups excluding carboxylic acids is 1. The predicted molar refractivity (Wildman–Crippen MR) is 131 cm³/mol. The van der Waals surface area contributed by atoms with Crippen molar-refractivity contribution in [2.75, 3.05) is 0 Å². The fourth-order valence-corrected chi connectivity index (χ4v) is 3.69. The van der Waals surface area contributed by atoms with Crippen LogP contribution in [0.15, 0.2) is 66.9 Å². The average molecular weight is 475 g/mol. The van der Waals surface area contributed by atoms with Gasteiger partial charge in [-0.25, -0.2) is 15.0 Å². The molecule has 4 rings (SSSR count). The van der Waals surface area contributed by atoms with Crippen molar-refractivity contribution in [1.82, 2.24) is 20.3 Å². The molecule has 0 unspecified atom stereocenters. The summed E-state index contributed by atoms with van der Waals surface area (Å²) in [6.45, 7) is 0.363. The number of pyridine rings is 1. The lowest BCUT2D eigenvalue weighted by molar-refractivity contribution is -0.137. The molecule has 7 nitrogen and oxygen atoms in total. The van der Waals surface area contributed by atoms with Gasteiger partial charge in [-0.1, -0.05) is 54.1 Å². The van der Waals surface area contributed by atoms with Crippen LogP contribution in [0.2, 0.25) is 5.02 Å². The zero-order valence-corrected chi connectivity index (χ0v) is 19.1. The molecule has 8 heteroatoms. The number of hydrogen-bond acceptors (Lipinski definition) is 5. The lowest BCUT2D eigenvalue weighted by Gasteiger charge is -2.11. The highest BCUT2D eigenvalue weighted by molar-refractivity contribution is 6.30. The molecule has 0 radical (unpaired) electrons. The number of nitrogens with zero attached hydrogens (tertiary/aromatic N) is 3. The van der Waals surface area contributed by atoms with Crippen LogP contribution in [0.5, 0.6) is 0 Å². The number of hydrogen-bond donors (Lipinski definition) is 2. The average Bonchev–Trinajstić information content (AvgIpc) is 2.85. The van der Waals surface area contributed by atoms with E-state index in [0.29, 0.717) is 47.6 Å². The van der Waals surface area contributed by atoms with Crippen LogP contribution in [0.1, 0.15) is 40.9 Å². The first-order valence-electron chi connectivity index (χ1n) is 11.0. The van der Waals surface area contributed by atoms with E-state index in [-0.39, 0.29) is 12.3 Å². The number of aryl methyl sites for hydroxylation is 1. The number of rotatable bonds is 9. The molecule has 2 heterocycles. The summed E-state index contributed by atoms with van der Waals surface area (Å²) in [5, 5.41) is 12.4. The van der Waals surface area contributed by atoms with Crippen LogP contribution in [-0.4, -0.2) is 31.9 Å². The summed E-state index contributed by atoms with van der Waals surface area (Å²) < 4.78 is 0. The summed E-state index contributed by atoms with van der Waals surface area (Å²) >= 11 is 5.91. The van der Waals surface area contributed by atoms with Gasteiger partial charge in [-0.3, -0.25) is 9.59 Å². The molecular formula is C26H23ClN4O3. The number of amides is 1. The molecule has 2 aromatic carbocycles. The van der Waals surface area contributed by atoms with E-state index in [2.05, 4.69) is 10.3 Å². The molecule has 0 aliphatic rings. The van der Waals surface area contributed by atoms with Crippen molar-refractivity contribution in [3.8, 4) is 11.3 Å². The fraction of sp³-hybridized carbons (Fsp3) is 0.192. The second kappa shape index (κ2) is 10.9. The second-order valence-electron chi connectivity index (χ2n) is 7.86. The number of benzene rings is 2. The Morgan fingerprint density at radius 1 is 0.971 bits per heavy atom. The molecule has 2 aromatic heterocycles. The highest BCUT2D eigenvalue weighted by Crippen LogP contribution is 2.24. The Balaban J connectivity index is 1.58. The molecule has 0 atom stereocenters. The van der Waals surface area contributed by atoms with E-state index in [1.165, 1.54) is 6.20 Å². The number of carboxylic acid groups (broad SMARTS) is 1. The lowest BCUT2D eigenvalue weighted by Crippen LogP contribution is -2.23. The first-order chi connectivity index (χ1) is 16.5. The van der Waals surface area contributed by atoms with Gasteiger partial charge in [0.1, 0.15) is 5.52 Å². The zero-order chi connectivity index (χ0) is 23.9. The molecule has 1 amide bonds. The second-order valence-corrected chi connectivity index (χ2v) is 8.30. The Bertz CT molecular complexity index is 1310. The van der Waals surface area contributed by atoms with Crippen molar-refractivity contribution in [3.05, 3.63) is 88.7 Å². The lowest BCUT2D eigenvalue weighted by atomic mass is 10.0. The summed E-state index contributed by atoms with van der Waals surface area (Å²) in [4.78, 5) is 37.4. The third kappa shape index (κ3) is 5.94. The van der Waals surface area contributed by atoms with Gasteiger partial charge in [0.2, 0.25) is 0 Å². The van der Waals surface area contributed by atoms with E-state index in [9.17, 15) is 9.59 Å². The van der Waals surface area contributed by atoms with Crippen LogP contribution >= 0.6 is 11.6 Å². The molecule has 2 N–H and O–H groups in total. The predicted octanol–water partition coefficient (Wildman–Crippen LogP) is 5.07. The third-order valence-corrected chi connectivity index (χ3v) is 5.58. The third-order valence-electron chi connectivity index (χ3n) is 5.32. The number of nitrogens with one attached hydrogen (secondary N) is 1. The molecule has 0 saturated carbocycles. The Labute approximate surface area is 201 Å². The van der Waals surface area contributed by atoms with Crippen LogP contribution < -0.4 is 5.32 Å². The van der Waals surface area contributed by atoms with Gasteiger partial charge in [-0.2, -0.15) is 0 Å². The molecule has 0 saturated heterocycles. The Morgan fingerprint density at radius 2 is 1.74 bits per heavy atom. The first-order valence-corrected chi connectivity index (χ1v) is 11.3. The normalized spacial score (nSPS) is 10.9. The van der Waals surface area contributed by atoms with E-state index in [0.717, 1.165) is 22.5 Å². The monoisotopic (exact) mass is 474 g/mol. The van der Waals surface area contributed by atoms with Crippen molar-refractivity contribution in [3.63, 3.8) is 0 Å². The van der Waals surface area contributed by atoms with Crippen molar-refractivity contribution in [2.24, 2.45) is 0 Å². The number of fused-ring (bicyclic) bond motifs is 1. The SMILES string of the molecule is O=C(O)CCCCc1nc2cc(C(=O)NCc3ccc(Cl)cc3)cnc2nc1-c1ccccc1. The van der Waals surface area contributed by atoms with Crippen LogP contribution in [0, 0.1) is 0 Å². The molecule has 0 spiro atoms. The van der Waals surface area contributed by atoms with Crippen molar-refractivity contribution in [2.45, 2.75) is 32.2 Å². The molecule has 0 bridgehead atoms. The van der Waals surface area contributed by atoms with Crippen LogP contribution in [0.25, 0.3) is 22.4 Å². The van der Waals surface area contributed by atoms with Crippen LogP contribution in [0.4, 0.5) is 0 Å². The number of aliphatic carboxylic acids is 1. The molecule has 0 fully saturated rings. The number of aromatic nitrogens is 3. The Hall–Kier alpha value is -3.84. The van der Waals surface area contributed by atoms with E-state index >= 15 is 0 Å². The van der Waals surface area contributed by atoms with Gasteiger partial charge in [0.15, 0.2) is 5.65 Å². The Kier molecular flexibility index (Phi) is 7.44. The highest BCUT2D eigenvalue weighted by atomic mass is 35.5. The molecule has 172 valence electrons. The summed E-state index contributed by atoms with van der Waals surface area (Å²) in [6.07, 6.45) is 3.40. The minimum atomic E-state index is -0.814. The van der Waals surface area contributed by atoms with Gasteiger partial charge >= 0.3 is 5.97 Å². The maximum Gasteiger partial charge on any atom is 0.303 e. The fourth-order valence-electron chi connectivity index (χ4n) is 3.56. The van der Waals surface area contributed by atoms with Crippen molar-refractivity contribution >= 4 is 34.6 Å². The number of carbonyl (C=O) groups is 2. The van der Waals surface area contributed by atoms with E-state index < -0.39 is 5.97 Å². The first kappa shape index (κ1) is 23.3. The summed E-state index contributed by atoms with van der Waals surface area (Å²) in [5.41, 5.74) is 4.68. The van der Waals surface area contributed by atoms with Crippen molar-refractivity contribution < 1.29 is 14.7 Å². The molecule has 0 aliphatic heterocycles. The molecule has 4 aromatic rings. The Morgan fingerprint density at radius 3 is 2.47 bits per heavy atom. The van der Waals surface area contributed by atoms with Gasteiger partial charge in [0.25, 0.3) is 5.91 Å². The molecule has 34 heavy (non-hydrogen) atoms. The largest absolute Gasteiger partial charge is 0.481 e. The molecular weight excluding hydrogens is 452 g/mol. The summed E-state index contributed by atoms with van der Waals surface area (Å²) in [5.74, 6) is -1.08. The van der Waals surface area contributed by atoms with Gasteiger partial charge in [0, 0.05) is 29.7 Å². The summed E-state index contributed by atoms with van der Waals surface area (Å²) in [7, 11) is 0. The van der Waals surface area contributed by atoms with E-state index in [1.54, 1.807) is 18.2 Å². The highest BCUT2D eigenvalue weighted by Gasteiger charge is 2.14. The maximum atomic E-state index is 12.7. The zero-order valence-electron chi connectivity index (χ0n) is 18.4. The van der Waals surface area contributed by atoms with Crippen LogP contribution in [-0.2, 0) is 17.8 Å². The smallest absolute Gasteiger partial charge is 0.303 e. The number of carboxylic acids is 1. The number of unbranched alkanes of at least 4 members (excludes halogenated alkanes) is 1. The van der Waals surface area contributed by atoms with Crippen LogP contribution in [0.3, 0.4) is 0 Å². The van der Waals surface area contributed by atoms with Gasteiger partial charge in [0.05, 0.1) is 17.0 Å². The standard InChI is InChI=1S/C26H23ClN4O3/c27-20-12-10-17(11-13-20)15-29-26(34)19-14-22-25(28-16-19)31-24(18-6-2-1-3-7-18)21(30-22)8-4-5-9-23(32)33/h1-3,6-7,10-14,16H,4-5,8-9,15H2,(H,29,34)(H,32,33). The van der Waals surface area contributed by atoms with E-state index in [4.69, 9.17) is 26.7 Å². The maximum absolute atomic E-state index is 12.7. The number of halogens is 1. The quantitative estimate of drug-likeness (QED) is 0.328.